The van der Waals surface area contributed by atoms with E-state index in [0.717, 1.165) is 5.56 Å². The summed E-state index contributed by atoms with van der Waals surface area (Å²) >= 11 is 0. The van der Waals surface area contributed by atoms with Crippen molar-refractivity contribution in [1.29, 1.82) is 10.5 Å². The summed E-state index contributed by atoms with van der Waals surface area (Å²) in [5.74, 6) is -0.0302. The number of nitriles is 2. The summed E-state index contributed by atoms with van der Waals surface area (Å²) in [5, 5.41) is 17.4. The van der Waals surface area contributed by atoms with Gasteiger partial charge in [-0.05, 0) is 17.7 Å². The molecule has 0 aliphatic carbocycles. The molecule has 0 aliphatic heterocycles. The van der Waals surface area contributed by atoms with Gasteiger partial charge in [-0.3, -0.25) is 0 Å². The lowest BCUT2D eigenvalue weighted by Crippen LogP contribution is -2.02. The SMILES string of the molecule is CO/C(N)=C(\C#N)N=Cc1ccc(C#N)cc1. The van der Waals surface area contributed by atoms with Crippen LogP contribution in [-0.4, -0.2) is 13.3 Å². The van der Waals surface area contributed by atoms with Crippen LogP contribution < -0.4 is 5.73 Å². The summed E-state index contributed by atoms with van der Waals surface area (Å²) in [7, 11) is 1.36. The van der Waals surface area contributed by atoms with Crippen LogP contribution in [0.3, 0.4) is 0 Å². The van der Waals surface area contributed by atoms with Crippen molar-refractivity contribution in [1.82, 2.24) is 0 Å². The number of methoxy groups -OCH3 is 1. The van der Waals surface area contributed by atoms with E-state index >= 15 is 0 Å². The van der Waals surface area contributed by atoms with Gasteiger partial charge in [0.2, 0.25) is 5.88 Å². The zero-order valence-electron chi connectivity index (χ0n) is 9.21. The third kappa shape index (κ3) is 3.37. The van der Waals surface area contributed by atoms with E-state index in [-0.39, 0.29) is 11.6 Å². The van der Waals surface area contributed by atoms with Gasteiger partial charge in [0.05, 0.1) is 18.7 Å². The summed E-state index contributed by atoms with van der Waals surface area (Å²) < 4.78 is 4.71. The van der Waals surface area contributed by atoms with E-state index in [0.29, 0.717) is 5.56 Å². The second-order valence-electron chi connectivity index (χ2n) is 3.02. The molecule has 0 unspecified atom stereocenters. The number of hydrogen-bond donors (Lipinski definition) is 1. The van der Waals surface area contributed by atoms with Crippen LogP contribution in [0.1, 0.15) is 11.1 Å². The van der Waals surface area contributed by atoms with E-state index in [4.69, 9.17) is 21.0 Å². The first-order valence-electron chi connectivity index (χ1n) is 4.69. The van der Waals surface area contributed by atoms with Gasteiger partial charge >= 0.3 is 0 Å². The molecular weight excluding hydrogens is 216 g/mol. The highest BCUT2D eigenvalue weighted by molar-refractivity contribution is 5.80. The highest BCUT2D eigenvalue weighted by atomic mass is 16.5. The maximum absolute atomic E-state index is 8.76. The van der Waals surface area contributed by atoms with Gasteiger partial charge in [-0.2, -0.15) is 10.5 Å². The quantitative estimate of drug-likeness (QED) is 0.477. The number of rotatable bonds is 3. The first-order valence-corrected chi connectivity index (χ1v) is 4.69. The Bertz CT molecular complexity index is 529. The third-order valence-corrected chi connectivity index (χ3v) is 1.94. The number of ether oxygens (including phenoxy) is 1. The Kier molecular flexibility index (Phi) is 4.29. The van der Waals surface area contributed by atoms with E-state index in [1.54, 1.807) is 24.3 Å². The molecule has 0 aliphatic rings. The fraction of sp³-hybridized carbons (Fsp3) is 0.0833. The van der Waals surface area contributed by atoms with Gasteiger partial charge in [-0.1, -0.05) is 12.1 Å². The highest BCUT2D eigenvalue weighted by Gasteiger charge is 1.99. The number of benzene rings is 1. The average molecular weight is 226 g/mol. The summed E-state index contributed by atoms with van der Waals surface area (Å²) in [6, 6.07) is 10.6. The molecule has 17 heavy (non-hydrogen) atoms. The van der Waals surface area contributed by atoms with Gasteiger partial charge in [0, 0.05) is 6.21 Å². The molecule has 5 heteroatoms. The van der Waals surface area contributed by atoms with E-state index in [9.17, 15) is 0 Å². The van der Waals surface area contributed by atoms with Crippen molar-refractivity contribution in [2.75, 3.05) is 7.11 Å². The van der Waals surface area contributed by atoms with Crippen molar-refractivity contribution in [2.24, 2.45) is 10.7 Å². The fourth-order valence-electron chi connectivity index (χ4n) is 1.03. The van der Waals surface area contributed by atoms with Crippen molar-refractivity contribution in [2.45, 2.75) is 0 Å². The lowest BCUT2D eigenvalue weighted by molar-refractivity contribution is 0.284. The number of nitrogens with two attached hydrogens (primary N) is 1. The van der Waals surface area contributed by atoms with Crippen LogP contribution in [-0.2, 0) is 4.74 Å². The molecule has 0 heterocycles. The Morgan fingerprint density at radius 2 is 2.00 bits per heavy atom. The smallest absolute Gasteiger partial charge is 0.221 e. The van der Waals surface area contributed by atoms with Crippen LogP contribution in [0.15, 0.2) is 40.8 Å². The molecule has 5 nitrogen and oxygen atoms in total. The van der Waals surface area contributed by atoms with E-state index < -0.39 is 0 Å². The lowest BCUT2D eigenvalue weighted by atomic mass is 10.2. The second-order valence-corrected chi connectivity index (χ2v) is 3.02. The van der Waals surface area contributed by atoms with Gasteiger partial charge in [-0.25, -0.2) is 4.99 Å². The minimum atomic E-state index is -0.0302. The Morgan fingerprint density at radius 1 is 1.35 bits per heavy atom. The Morgan fingerprint density at radius 3 is 2.47 bits per heavy atom. The average Bonchev–Trinajstić information content (AvgIpc) is 2.39. The number of aliphatic imine (C=N–C) groups is 1. The van der Waals surface area contributed by atoms with Gasteiger partial charge < -0.3 is 10.5 Å². The van der Waals surface area contributed by atoms with Crippen LogP contribution in [0.2, 0.25) is 0 Å². The molecule has 84 valence electrons. The molecule has 0 atom stereocenters. The zero-order chi connectivity index (χ0) is 12.7. The van der Waals surface area contributed by atoms with Gasteiger partial charge in [-0.15, -0.1) is 0 Å². The molecule has 1 rings (SSSR count). The molecule has 0 radical (unpaired) electrons. The van der Waals surface area contributed by atoms with Gasteiger partial charge in [0.1, 0.15) is 6.07 Å². The van der Waals surface area contributed by atoms with Gasteiger partial charge in [0.15, 0.2) is 5.70 Å². The number of allylic oxidation sites excluding steroid dienone is 1. The normalized spacial score (nSPS) is 11.5. The minimum absolute atomic E-state index is 0.0110. The molecular formula is C12H10N4O. The van der Waals surface area contributed by atoms with E-state index in [2.05, 4.69) is 4.99 Å². The van der Waals surface area contributed by atoms with Crippen molar-refractivity contribution in [3.63, 3.8) is 0 Å². The van der Waals surface area contributed by atoms with E-state index in [1.165, 1.54) is 13.3 Å². The summed E-state index contributed by atoms with van der Waals surface area (Å²) in [6.07, 6.45) is 1.48. The summed E-state index contributed by atoms with van der Waals surface area (Å²) in [6.45, 7) is 0. The largest absolute Gasteiger partial charge is 0.481 e. The predicted octanol–water partition coefficient (Wildman–Crippen LogP) is 1.27. The molecule has 1 aromatic carbocycles. The highest BCUT2D eigenvalue weighted by Crippen LogP contribution is 2.04. The van der Waals surface area contributed by atoms with Crippen molar-refractivity contribution in [3.05, 3.63) is 47.0 Å². The third-order valence-electron chi connectivity index (χ3n) is 1.94. The van der Waals surface area contributed by atoms with Crippen molar-refractivity contribution >= 4 is 6.21 Å². The topological polar surface area (TPSA) is 95.2 Å². The van der Waals surface area contributed by atoms with Crippen LogP contribution >= 0.6 is 0 Å². The number of nitrogens with zero attached hydrogens (tertiary/aromatic N) is 3. The van der Waals surface area contributed by atoms with Crippen LogP contribution in [0.5, 0.6) is 0 Å². The van der Waals surface area contributed by atoms with Crippen molar-refractivity contribution < 1.29 is 4.74 Å². The molecule has 2 N–H and O–H groups in total. The second kappa shape index (κ2) is 5.94. The molecule has 1 aromatic rings. The van der Waals surface area contributed by atoms with Crippen LogP contribution in [0.25, 0.3) is 0 Å². The van der Waals surface area contributed by atoms with Crippen LogP contribution in [0.4, 0.5) is 0 Å². The minimum Gasteiger partial charge on any atom is -0.481 e. The fourth-order valence-corrected chi connectivity index (χ4v) is 1.03. The van der Waals surface area contributed by atoms with E-state index in [1.807, 2.05) is 12.1 Å². The monoisotopic (exact) mass is 226 g/mol. The molecule has 0 spiro atoms. The molecule has 0 aromatic heterocycles. The standard InChI is InChI=1S/C12H10N4O/c1-17-12(15)11(7-14)16-8-10-4-2-9(6-13)3-5-10/h2-5,8H,15H2,1H3/b12-11+,16-8?. The summed E-state index contributed by atoms with van der Waals surface area (Å²) in [5.41, 5.74) is 6.76. The molecule has 0 saturated carbocycles. The zero-order valence-corrected chi connectivity index (χ0v) is 9.21. The summed E-state index contributed by atoms with van der Waals surface area (Å²) in [4.78, 5) is 3.90. The first-order chi connectivity index (χ1) is 8.21. The van der Waals surface area contributed by atoms with Gasteiger partial charge in [0.25, 0.3) is 0 Å². The lowest BCUT2D eigenvalue weighted by Gasteiger charge is -1.98. The molecule has 0 amide bonds. The first kappa shape index (κ1) is 12.3. The molecule has 0 saturated heterocycles. The number of hydrogen-bond acceptors (Lipinski definition) is 5. The predicted molar refractivity (Wildman–Crippen MR) is 62.6 cm³/mol. The molecule has 0 fully saturated rings. The Labute approximate surface area is 99.1 Å². The van der Waals surface area contributed by atoms with Crippen LogP contribution in [0, 0.1) is 22.7 Å². The van der Waals surface area contributed by atoms with Crippen molar-refractivity contribution in [3.8, 4) is 12.1 Å². The maximum Gasteiger partial charge on any atom is 0.221 e. The Hall–Kier alpha value is -2.79. The maximum atomic E-state index is 8.76. The Balaban J connectivity index is 2.91. The molecule has 0 bridgehead atoms.